The highest BCUT2D eigenvalue weighted by Gasteiger charge is 2.30. The number of carbonyl (C=O) groups is 1. The number of aromatic amines is 1. The van der Waals surface area contributed by atoms with Gasteiger partial charge >= 0.3 is 5.97 Å². The number of benzene rings is 3. The zero-order valence-electron chi connectivity index (χ0n) is 18.8. The second kappa shape index (κ2) is 9.62. The molecule has 0 unspecified atom stereocenters. The first-order valence-corrected chi connectivity index (χ1v) is 12.1. The zero-order valence-corrected chi connectivity index (χ0v) is 19.6. The predicted octanol–water partition coefficient (Wildman–Crippen LogP) is 4.01. The van der Waals surface area contributed by atoms with E-state index < -0.39 is 16.0 Å². The summed E-state index contributed by atoms with van der Waals surface area (Å²) >= 11 is 0. The minimum absolute atomic E-state index is 0.0178. The van der Waals surface area contributed by atoms with E-state index in [1.54, 1.807) is 18.2 Å². The number of rotatable bonds is 7. The van der Waals surface area contributed by atoms with E-state index in [1.807, 2.05) is 55.5 Å². The molecule has 0 bridgehead atoms. The lowest BCUT2D eigenvalue weighted by molar-refractivity contribution is 0.0596. The molecule has 8 heteroatoms. The average Bonchev–Trinajstić information content (AvgIpc) is 2.84. The summed E-state index contributed by atoms with van der Waals surface area (Å²) in [4.78, 5) is 27.8. The summed E-state index contributed by atoms with van der Waals surface area (Å²) in [7, 11) is -2.98. The van der Waals surface area contributed by atoms with E-state index in [4.69, 9.17) is 4.74 Å². The van der Waals surface area contributed by atoms with E-state index >= 15 is 0 Å². The molecule has 4 aromatic rings. The normalized spacial score (nSPS) is 11.6. The van der Waals surface area contributed by atoms with Gasteiger partial charge in [-0.2, -0.15) is 4.31 Å². The molecule has 1 heterocycles. The Kier molecular flexibility index (Phi) is 6.63. The van der Waals surface area contributed by atoms with Crippen LogP contribution in [0, 0.1) is 6.92 Å². The fraction of sp³-hybridized carbons (Fsp3) is 0.154. The lowest BCUT2D eigenvalue weighted by Gasteiger charge is -2.23. The number of H-pyrrole nitrogens is 1. The summed E-state index contributed by atoms with van der Waals surface area (Å²) in [5.41, 5.74) is 2.30. The number of aryl methyl sites for hydroxylation is 1. The Hall–Kier alpha value is -3.75. The molecule has 34 heavy (non-hydrogen) atoms. The number of carbonyl (C=O) groups excluding carboxylic acids is 1. The molecule has 0 aliphatic carbocycles. The number of esters is 1. The fourth-order valence-corrected chi connectivity index (χ4v) is 5.39. The van der Waals surface area contributed by atoms with Gasteiger partial charge in [0, 0.05) is 24.2 Å². The van der Waals surface area contributed by atoms with Gasteiger partial charge in [-0.1, -0.05) is 54.1 Å². The molecule has 0 atom stereocenters. The second-order valence-electron chi connectivity index (χ2n) is 7.96. The highest BCUT2D eigenvalue weighted by Crippen LogP contribution is 2.25. The molecule has 0 fully saturated rings. The largest absolute Gasteiger partial charge is 0.465 e. The summed E-state index contributed by atoms with van der Waals surface area (Å²) in [5, 5.41) is 0.807. The van der Waals surface area contributed by atoms with Crippen molar-refractivity contribution in [3.63, 3.8) is 0 Å². The van der Waals surface area contributed by atoms with Crippen molar-refractivity contribution in [3.05, 3.63) is 111 Å². The molecule has 0 saturated carbocycles. The van der Waals surface area contributed by atoms with Crippen molar-refractivity contribution in [2.45, 2.75) is 24.9 Å². The number of fused-ring (bicyclic) bond motifs is 1. The Balaban J connectivity index is 1.83. The lowest BCUT2D eigenvalue weighted by Crippen LogP contribution is -2.33. The monoisotopic (exact) mass is 476 g/mol. The topological polar surface area (TPSA) is 96.5 Å². The molecule has 174 valence electrons. The van der Waals surface area contributed by atoms with Gasteiger partial charge in [0.1, 0.15) is 0 Å². The van der Waals surface area contributed by atoms with Crippen LogP contribution in [0.2, 0.25) is 0 Å². The average molecular weight is 477 g/mol. The van der Waals surface area contributed by atoms with Crippen LogP contribution < -0.4 is 5.56 Å². The number of pyridine rings is 1. The van der Waals surface area contributed by atoms with Gasteiger partial charge in [0.15, 0.2) is 0 Å². The van der Waals surface area contributed by atoms with Crippen LogP contribution in [0.15, 0.2) is 88.6 Å². The molecular formula is C26H24N2O5S. The maximum Gasteiger partial charge on any atom is 0.339 e. The van der Waals surface area contributed by atoms with Gasteiger partial charge in [-0.15, -0.1) is 0 Å². The van der Waals surface area contributed by atoms with Crippen molar-refractivity contribution in [2.24, 2.45) is 0 Å². The van der Waals surface area contributed by atoms with Crippen LogP contribution in [0.3, 0.4) is 0 Å². The van der Waals surface area contributed by atoms with E-state index in [0.29, 0.717) is 11.1 Å². The minimum Gasteiger partial charge on any atom is -0.465 e. The van der Waals surface area contributed by atoms with Crippen molar-refractivity contribution in [1.29, 1.82) is 0 Å². The van der Waals surface area contributed by atoms with Crippen LogP contribution in [0.25, 0.3) is 10.9 Å². The summed E-state index contributed by atoms with van der Waals surface area (Å²) in [6.45, 7) is 1.79. The van der Waals surface area contributed by atoms with Crippen LogP contribution in [0.1, 0.15) is 27.0 Å². The molecule has 1 aromatic heterocycles. The summed E-state index contributed by atoms with van der Waals surface area (Å²) in [6.07, 6.45) is 0. The van der Waals surface area contributed by atoms with Crippen molar-refractivity contribution in [1.82, 2.24) is 9.29 Å². The van der Waals surface area contributed by atoms with E-state index in [0.717, 1.165) is 16.5 Å². The van der Waals surface area contributed by atoms with E-state index in [2.05, 4.69) is 4.98 Å². The van der Waals surface area contributed by atoms with E-state index in [9.17, 15) is 18.0 Å². The zero-order chi connectivity index (χ0) is 24.3. The Labute approximate surface area is 197 Å². The van der Waals surface area contributed by atoms with Gasteiger partial charge in [-0.05, 0) is 48.2 Å². The number of methoxy groups -OCH3 is 1. The number of nitrogens with one attached hydrogen (secondary N) is 1. The molecule has 4 rings (SSSR count). The molecule has 0 aliphatic heterocycles. The number of sulfonamides is 1. The first-order chi connectivity index (χ1) is 16.3. The first-order valence-electron chi connectivity index (χ1n) is 10.6. The van der Waals surface area contributed by atoms with E-state index in [1.165, 1.54) is 23.5 Å². The molecule has 1 N–H and O–H groups in total. The number of hydrogen-bond donors (Lipinski definition) is 1. The summed E-state index contributed by atoms with van der Waals surface area (Å²) in [6, 6.07) is 22.3. The molecule has 3 aromatic carbocycles. The number of aromatic nitrogens is 1. The molecule has 0 amide bonds. The van der Waals surface area contributed by atoms with Gasteiger partial charge in [0.2, 0.25) is 10.0 Å². The molecule has 0 saturated heterocycles. The smallest absolute Gasteiger partial charge is 0.339 e. The van der Waals surface area contributed by atoms with Gasteiger partial charge < -0.3 is 9.72 Å². The molecular weight excluding hydrogens is 452 g/mol. The molecule has 7 nitrogen and oxygen atoms in total. The Bertz CT molecular complexity index is 1510. The van der Waals surface area contributed by atoms with E-state index in [-0.39, 0.29) is 29.1 Å². The third-order valence-electron chi connectivity index (χ3n) is 5.54. The molecule has 0 spiro atoms. The quantitative estimate of drug-likeness (QED) is 0.407. The van der Waals surface area contributed by atoms with Gasteiger partial charge in [-0.25, -0.2) is 13.2 Å². The van der Waals surface area contributed by atoms with Crippen LogP contribution >= 0.6 is 0 Å². The number of ether oxygens (including phenoxy) is 1. The van der Waals surface area contributed by atoms with Gasteiger partial charge in [0.05, 0.1) is 17.6 Å². The van der Waals surface area contributed by atoms with Crippen LogP contribution in [0.5, 0.6) is 0 Å². The van der Waals surface area contributed by atoms with Crippen molar-refractivity contribution in [3.8, 4) is 0 Å². The van der Waals surface area contributed by atoms with Gasteiger partial charge in [-0.3, -0.25) is 4.79 Å². The fourth-order valence-electron chi connectivity index (χ4n) is 3.80. The third kappa shape index (κ3) is 4.78. The Morgan fingerprint density at radius 3 is 2.38 bits per heavy atom. The van der Waals surface area contributed by atoms with Crippen LogP contribution in [-0.2, 0) is 27.8 Å². The highest BCUT2D eigenvalue weighted by molar-refractivity contribution is 7.89. The van der Waals surface area contributed by atoms with Crippen molar-refractivity contribution in [2.75, 3.05) is 7.11 Å². The standard InChI is InChI=1S/C26H24N2O5S/c1-18-12-13-23-20(14-18)15-21(25(29)27-23)17-28(16-19-8-4-3-5-9-19)34(31,32)24-11-7-6-10-22(24)26(30)33-2/h3-15H,16-17H2,1-2H3,(H,27,29). The summed E-state index contributed by atoms with van der Waals surface area (Å²) < 4.78 is 33.6. The summed E-state index contributed by atoms with van der Waals surface area (Å²) in [5.74, 6) is -0.752. The maximum absolute atomic E-state index is 13.8. The SMILES string of the molecule is COC(=O)c1ccccc1S(=O)(=O)N(Cc1ccccc1)Cc1cc2cc(C)ccc2[nH]c1=O. The number of nitrogens with zero attached hydrogens (tertiary/aromatic N) is 1. The van der Waals surface area contributed by atoms with Crippen LogP contribution in [0.4, 0.5) is 0 Å². The van der Waals surface area contributed by atoms with Crippen LogP contribution in [-0.4, -0.2) is 30.8 Å². The van der Waals surface area contributed by atoms with Crippen molar-refractivity contribution < 1.29 is 17.9 Å². The third-order valence-corrected chi connectivity index (χ3v) is 7.39. The maximum atomic E-state index is 13.8. The second-order valence-corrected chi connectivity index (χ2v) is 9.87. The van der Waals surface area contributed by atoms with Gasteiger partial charge in [0.25, 0.3) is 5.56 Å². The predicted molar refractivity (Wildman–Crippen MR) is 130 cm³/mol. The van der Waals surface area contributed by atoms with Crippen molar-refractivity contribution >= 4 is 26.9 Å². The Morgan fingerprint density at radius 2 is 1.65 bits per heavy atom. The lowest BCUT2D eigenvalue weighted by atomic mass is 10.1. The minimum atomic E-state index is -4.18. The molecule has 0 radical (unpaired) electrons. The Morgan fingerprint density at radius 1 is 0.941 bits per heavy atom. The highest BCUT2D eigenvalue weighted by atomic mass is 32.2. The molecule has 0 aliphatic rings. The first kappa shape index (κ1) is 23.4. The number of hydrogen-bond acceptors (Lipinski definition) is 5.